The van der Waals surface area contributed by atoms with Crippen molar-refractivity contribution in [1.82, 2.24) is 19.0 Å². The van der Waals surface area contributed by atoms with Gasteiger partial charge in [0.15, 0.2) is 5.82 Å². The smallest absolute Gasteiger partial charge is 0.254 e. The fourth-order valence-corrected chi connectivity index (χ4v) is 7.29. The fraction of sp³-hybridized carbons (Fsp3) is 0.529. The van der Waals surface area contributed by atoms with Gasteiger partial charge in [0.1, 0.15) is 11.3 Å². The van der Waals surface area contributed by atoms with E-state index in [-0.39, 0.29) is 18.0 Å². The minimum absolute atomic E-state index is 0.0404. The van der Waals surface area contributed by atoms with Gasteiger partial charge in [0, 0.05) is 49.7 Å². The van der Waals surface area contributed by atoms with E-state index in [9.17, 15) is 9.90 Å². The largest absolute Gasteiger partial charge is 0.494 e. The molecule has 4 aromatic rings. The quantitative estimate of drug-likeness (QED) is 0.251. The van der Waals surface area contributed by atoms with E-state index >= 15 is 0 Å². The number of ether oxygens (including phenoxy) is 1. The highest BCUT2D eigenvalue weighted by Gasteiger charge is 2.41. The summed E-state index contributed by atoms with van der Waals surface area (Å²) in [5, 5.41) is 15.0. The van der Waals surface area contributed by atoms with Gasteiger partial charge >= 0.3 is 0 Å². The van der Waals surface area contributed by atoms with Gasteiger partial charge in [-0.3, -0.25) is 4.79 Å². The number of nitrogens with two attached hydrogens (primary N) is 1. The Morgan fingerprint density at radius 2 is 1.98 bits per heavy atom. The molecule has 1 amide bonds. The third kappa shape index (κ3) is 5.16. The zero-order valence-electron chi connectivity index (χ0n) is 25.8. The molecule has 0 radical (unpaired) electrons. The summed E-state index contributed by atoms with van der Waals surface area (Å²) in [6, 6.07) is 12.8. The third-order valence-corrected chi connectivity index (χ3v) is 9.89. The number of amides is 1. The van der Waals surface area contributed by atoms with Gasteiger partial charge in [-0.1, -0.05) is 12.1 Å². The minimum Gasteiger partial charge on any atom is -0.494 e. The third-order valence-electron chi connectivity index (χ3n) is 9.89. The van der Waals surface area contributed by atoms with Crippen LogP contribution in [0, 0.1) is 11.8 Å². The van der Waals surface area contributed by atoms with Gasteiger partial charge in [-0.05, 0) is 88.5 Å². The molecule has 4 N–H and O–H groups in total. The number of carbonyl (C=O) groups is 1. The van der Waals surface area contributed by atoms with Crippen LogP contribution < -0.4 is 15.8 Å². The number of methoxy groups -OCH3 is 1. The molecule has 43 heavy (non-hydrogen) atoms. The van der Waals surface area contributed by atoms with Crippen LogP contribution in [-0.4, -0.2) is 67.9 Å². The Morgan fingerprint density at radius 1 is 1.16 bits per heavy atom. The number of fused-ring (bicyclic) bond motifs is 5. The molecule has 2 saturated heterocycles. The Bertz CT molecular complexity index is 1690. The molecule has 2 saturated carbocycles. The lowest BCUT2D eigenvalue weighted by atomic mass is 9.76. The molecule has 4 aliphatic rings. The zero-order valence-corrected chi connectivity index (χ0v) is 25.8. The van der Waals surface area contributed by atoms with Gasteiger partial charge in [0.2, 0.25) is 0 Å². The molecule has 2 aliphatic carbocycles. The lowest BCUT2D eigenvalue weighted by molar-refractivity contribution is 0.0261. The van der Waals surface area contributed by atoms with Crippen molar-refractivity contribution in [2.45, 2.75) is 76.6 Å². The van der Waals surface area contributed by atoms with E-state index < -0.39 is 5.60 Å². The summed E-state index contributed by atoms with van der Waals surface area (Å²) in [6.45, 7) is 6.01. The molecule has 2 bridgehead atoms. The number of rotatable bonds is 9. The van der Waals surface area contributed by atoms with Gasteiger partial charge in [0.25, 0.3) is 5.91 Å². The fourth-order valence-electron chi connectivity index (χ4n) is 7.29. The van der Waals surface area contributed by atoms with Crippen molar-refractivity contribution >= 4 is 33.5 Å². The number of nitrogens with zero attached hydrogens (tertiary/aromatic N) is 4. The van der Waals surface area contributed by atoms with E-state index in [0.29, 0.717) is 36.1 Å². The van der Waals surface area contributed by atoms with E-state index in [4.69, 9.17) is 15.5 Å². The molecule has 4 heterocycles. The van der Waals surface area contributed by atoms with E-state index in [0.717, 1.165) is 71.5 Å². The van der Waals surface area contributed by atoms with Crippen LogP contribution in [0.2, 0.25) is 0 Å². The van der Waals surface area contributed by atoms with E-state index in [1.54, 1.807) is 7.11 Å². The Hall–Kier alpha value is -3.56. The average Bonchev–Trinajstić information content (AvgIpc) is 3.64. The maximum Gasteiger partial charge on any atom is 0.254 e. The number of imidazole rings is 1. The van der Waals surface area contributed by atoms with Crippen LogP contribution in [0.3, 0.4) is 0 Å². The number of benzene rings is 2. The first-order chi connectivity index (χ1) is 20.6. The molecule has 0 unspecified atom stereocenters. The number of aryl methyl sites for hydroxylation is 1. The first-order valence-electron chi connectivity index (χ1n) is 15.8. The second kappa shape index (κ2) is 10.6. The lowest BCUT2D eigenvalue weighted by Gasteiger charge is -2.48. The van der Waals surface area contributed by atoms with Crippen LogP contribution in [0.5, 0.6) is 5.75 Å². The van der Waals surface area contributed by atoms with Crippen molar-refractivity contribution < 1.29 is 14.6 Å². The Balaban J connectivity index is 1.30. The van der Waals surface area contributed by atoms with E-state index in [1.165, 1.54) is 12.8 Å². The minimum atomic E-state index is -0.727. The number of piperidine rings is 2. The van der Waals surface area contributed by atoms with Gasteiger partial charge < -0.3 is 34.9 Å². The first-order valence-corrected chi connectivity index (χ1v) is 15.8. The predicted molar refractivity (Wildman–Crippen MR) is 170 cm³/mol. The molecule has 8 rings (SSSR count). The summed E-state index contributed by atoms with van der Waals surface area (Å²) in [5.74, 6) is 2.57. The SMILES string of the molecule is COc1cc(C(=O)N2C[C@H]3CC[C@@H]2C[C@@H]3N)cc2nc(-c3cc4cccc(NCCC(C)(C)O)c4n3CC3CC3)n(C)c12. The van der Waals surface area contributed by atoms with Crippen LogP contribution in [0.25, 0.3) is 33.5 Å². The van der Waals surface area contributed by atoms with Crippen LogP contribution in [-0.2, 0) is 13.6 Å². The number of aliphatic hydroxyl groups is 1. The maximum absolute atomic E-state index is 13.8. The standard InChI is InChI=1S/C34H44N6O3/c1-34(2,42)12-13-36-26-7-5-6-21-15-28(40(30(21)26)18-20-8-9-20)32-37-27-14-23(16-29(43-4)31(27)38(32)3)33(41)39-19-22-10-11-24(39)17-25(22)35/h5-7,14-16,20,22,24-25,36,42H,8-13,17-19,35H2,1-4H3/t22-,24-,25+/m1/s1. The topological polar surface area (TPSA) is 111 Å². The summed E-state index contributed by atoms with van der Waals surface area (Å²) < 4.78 is 10.4. The molecule has 4 fully saturated rings. The molecule has 9 heteroatoms. The molecular weight excluding hydrogens is 540 g/mol. The van der Waals surface area contributed by atoms with Crippen LogP contribution in [0.4, 0.5) is 5.69 Å². The van der Waals surface area contributed by atoms with Gasteiger partial charge in [-0.2, -0.15) is 0 Å². The van der Waals surface area contributed by atoms with Crippen molar-refractivity contribution in [3.8, 4) is 17.3 Å². The van der Waals surface area contributed by atoms with Crippen molar-refractivity contribution in [2.75, 3.05) is 25.5 Å². The van der Waals surface area contributed by atoms with Gasteiger partial charge in [0.05, 0.1) is 35.1 Å². The number of carbonyl (C=O) groups excluding carboxylic acids is 1. The number of para-hydroxylation sites is 1. The lowest BCUT2D eigenvalue weighted by Crippen LogP contribution is -2.58. The van der Waals surface area contributed by atoms with E-state index in [1.807, 2.05) is 37.9 Å². The normalized spacial score (nSPS) is 22.1. The molecule has 0 spiro atoms. The maximum atomic E-state index is 13.8. The highest BCUT2D eigenvalue weighted by Crippen LogP contribution is 2.40. The highest BCUT2D eigenvalue weighted by atomic mass is 16.5. The average molecular weight is 585 g/mol. The summed E-state index contributed by atoms with van der Waals surface area (Å²) in [5.41, 5.74) is 11.2. The number of anilines is 1. The van der Waals surface area contributed by atoms with Gasteiger partial charge in [-0.25, -0.2) is 4.98 Å². The summed E-state index contributed by atoms with van der Waals surface area (Å²) >= 11 is 0. The summed E-state index contributed by atoms with van der Waals surface area (Å²) in [7, 11) is 3.69. The Morgan fingerprint density at radius 3 is 2.65 bits per heavy atom. The second-order valence-electron chi connectivity index (χ2n) is 13.7. The van der Waals surface area contributed by atoms with Gasteiger partial charge in [-0.15, -0.1) is 0 Å². The number of hydrogen-bond acceptors (Lipinski definition) is 6. The molecule has 228 valence electrons. The van der Waals surface area contributed by atoms with Crippen LogP contribution in [0.1, 0.15) is 62.7 Å². The molecule has 2 aliphatic heterocycles. The Kier molecular flexibility index (Phi) is 6.93. The molecular formula is C34H44N6O3. The van der Waals surface area contributed by atoms with E-state index in [2.05, 4.69) is 38.7 Å². The van der Waals surface area contributed by atoms with Crippen molar-refractivity contribution in [3.05, 3.63) is 42.0 Å². The number of hydrogen-bond donors (Lipinski definition) is 3. The second-order valence-corrected chi connectivity index (χ2v) is 13.7. The number of aromatic nitrogens is 3. The monoisotopic (exact) mass is 584 g/mol. The summed E-state index contributed by atoms with van der Waals surface area (Å²) in [6.07, 6.45) is 6.13. The molecule has 3 atom stereocenters. The van der Waals surface area contributed by atoms with Crippen molar-refractivity contribution in [2.24, 2.45) is 24.6 Å². The molecule has 2 aromatic carbocycles. The highest BCUT2D eigenvalue weighted by molar-refractivity contribution is 6.01. The van der Waals surface area contributed by atoms with Crippen LogP contribution >= 0.6 is 0 Å². The first kappa shape index (κ1) is 28.2. The molecule has 9 nitrogen and oxygen atoms in total. The number of nitrogens with one attached hydrogen (secondary N) is 1. The molecule has 2 aromatic heterocycles. The van der Waals surface area contributed by atoms with Crippen LogP contribution in [0.15, 0.2) is 36.4 Å². The zero-order chi connectivity index (χ0) is 30.0. The summed E-state index contributed by atoms with van der Waals surface area (Å²) in [4.78, 5) is 21.0. The van der Waals surface area contributed by atoms with Crippen molar-refractivity contribution in [3.63, 3.8) is 0 Å². The Labute approximate surface area is 253 Å². The van der Waals surface area contributed by atoms with Crippen molar-refractivity contribution in [1.29, 1.82) is 0 Å². The predicted octanol–water partition coefficient (Wildman–Crippen LogP) is 5.14.